The van der Waals surface area contributed by atoms with Gasteiger partial charge in [-0.15, -0.1) is 0 Å². The van der Waals surface area contributed by atoms with Gasteiger partial charge in [-0.2, -0.15) is 4.31 Å². The van der Waals surface area contributed by atoms with Crippen LogP contribution >= 0.6 is 0 Å². The number of carboxylic acids is 1. The Morgan fingerprint density at radius 2 is 1.67 bits per heavy atom. The van der Waals surface area contributed by atoms with E-state index in [4.69, 9.17) is 5.11 Å². The van der Waals surface area contributed by atoms with Gasteiger partial charge in [0.05, 0.1) is 12.7 Å². The Hall–Kier alpha value is -0.620. The molecule has 5 nitrogen and oxygen atoms in total. The summed E-state index contributed by atoms with van der Waals surface area (Å²) < 4.78 is 24.9. The summed E-state index contributed by atoms with van der Waals surface area (Å²) in [7, 11) is -3.32. The van der Waals surface area contributed by atoms with Crippen molar-refractivity contribution in [3.05, 3.63) is 0 Å². The fourth-order valence-corrected chi connectivity index (χ4v) is 3.72. The second kappa shape index (κ2) is 7.09. The Labute approximate surface area is 109 Å². The molecule has 1 aliphatic rings. The molecular weight excluding hydrogens is 254 g/mol. The largest absolute Gasteiger partial charge is 0.481 e. The molecule has 106 valence electrons. The summed E-state index contributed by atoms with van der Waals surface area (Å²) in [6.45, 7) is 0.0961. The normalized spacial score (nSPS) is 19.4. The van der Waals surface area contributed by atoms with Crippen LogP contribution in [0.15, 0.2) is 0 Å². The third kappa shape index (κ3) is 5.35. The molecule has 0 aromatic carbocycles. The summed E-state index contributed by atoms with van der Waals surface area (Å²) in [5.41, 5.74) is 0. The van der Waals surface area contributed by atoms with Gasteiger partial charge in [0.2, 0.25) is 10.0 Å². The van der Waals surface area contributed by atoms with Gasteiger partial charge in [-0.05, 0) is 12.8 Å². The molecule has 0 unspecified atom stereocenters. The molecule has 0 spiro atoms. The van der Waals surface area contributed by atoms with Crippen LogP contribution in [0.5, 0.6) is 0 Å². The summed E-state index contributed by atoms with van der Waals surface area (Å²) >= 11 is 0. The maximum Gasteiger partial charge on any atom is 0.304 e. The second-order valence-corrected chi connectivity index (χ2v) is 6.95. The van der Waals surface area contributed by atoms with Crippen LogP contribution in [-0.4, -0.2) is 42.6 Å². The first-order valence-corrected chi connectivity index (χ1v) is 8.44. The minimum atomic E-state index is -3.32. The van der Waals surface area contributed by atoms with Gasteiger partial charge in [0.15, 0.2) is 0 Å². The Morgan fingerprint density at radius 3 is 2.11 bits per heavy atom. The number of rotatable bonds is 5. The summed E-state index contributed by atoms with van der Waals surface area (Å²) in [5.74, 6) is -0.950. The lowest BCUT2D eigenvalue weighted by atomic mass is 9.96. The summed E-state index contributed by atoms with van der Waals surface area (Å²) in [6, 6.07) is -0.0142. The van der Waals surface area contributed by atoms with Gasteiger partial charge in [-0.1, -0.05) is 32.1 Å². The summed E-state index contributed by atoms with van der Waals surface area (Å²) in [6.07, 6.45) is 8.34. The summed E-state index contributed by atoms with van der Waals surface area (Å²) in [4.78, 5) is 10.6. The molecule has 0 saturated heterocycles. The molecule has 1 rings (SSSR count). The molecule has 18 heavy (non-hydrogen) atoms. The van der Waals surface area contributed by atoms with E-state index >= 15 is 0 Å². The van der Waals surface area contributed by atoms with Crippen molar-refractivity contribution in [2.45, 2.75) is 57.4 Å². The predicted molar refractivity (Wildman–Crippen MR) is 69.9 cm³/mol. The molecule has 1 N–H and O–H groups in total. The van der Waals surface area contributed by atoms with E-state index in [1.165, 1.54) is 17.0 Å². The van der Waals surface area contributed by atoms with Crippen molar-refractivity contribution in [3.63, 3.8) is 0 Å². The van der Waals surface area contributed by atoms with Crippen molar-refractivity contribution in [2.75, 3.05) is 12.8 Å². The van der Waals surface area contributed by atoms with Crippen molar-refractivity contribution in [3.8, 4) is 0 Å². The van der Waals surface area contributed by atoms with E-state index in [2.05, 4.69) is 0 Å². The SMILES string of the molecule is CS(=O)(=O)N(CCC(=O)O)C1CCCCCCC1. The van der Waals surface area contributed by atoms with Gasteiger partial charge in [0, 0.05) is 12.6 Å². The number of hydrogen-bond acceptors (Lipinski definition) is 3. The average molecular weight is 277 g/mol. The molecule has 0 amide bonds. The fourth-order valence-electron chi connectivity index (χ4n) is 2.55. The zero-order valence-corrected chi connectivity index (χ0v) is 11.8. The first-order chi connectivity index (χ1) is 8.41. The third-order valence-corrected chi connectivity index (χ3v) is 4.79. The van der Waals surface area contributed by atoms with Crippen LogP contribution in [0.25, 0.3) is 0 Å². The van der Waals surface area contributed by atoms with Crippen LogP contribution in [0.1, 0.15) is 51.4 Å². The van der Waals surface area contributed by atoms with Crippen molar-refractivity contribution in [1.29, 1.82) is 0 Å². The van der Waals surface area contributed by atoms with Crippen LogP contribution in [0.4, 0.5) is 0 Å². The van der Waals surface area contributed by atoms with Gasteiger partial charge in [-0.3, -0.25) is 4.79 Å². The van der Waals surface area contributed by atoms with Gasteiger partial charge in [0.25, 0.3) is 0 Å². The second-order valence-electron chi connectivity index (χ2n) is 5.02. The quantitative estimate of drug-likeness (QED) is 0.832. The fraction of sp³-hybridized carbons (Fsp3) is 0.917. The van der Waals surface area contributed by atoms with Gasteiger partial charge < -0.3 is 5.11 Å². The van der Waals surface area contributed by atoms with Gasteiger partial charge >= 0.3 is 5.97 Å². The number of nitrogens with zero attached hydrogens (tertiary/aromatic N) is 1. The molecule has 1 fully saturated rings. The molecule has 0 aliphatic heterocycles. The lowest BCUT2D eigenvalue weighted by Gasteiger charge is -2.30. The molecule has 0 atom stereocenters. The van der Waals surface area contributed by atoms with Crippen molar-refractivity contribution >= 4 is 16.0 Å². The standard InChI is InChI=1S/C12H23NO4S/c1-18(16,17)13(10-9-12(14)15)11-7-5-3-2-4-6-8-11/h11H,2-10H2,1H3,(H,14,15). The smallest absolute Gasteiger partial charge is 0.304 e. The molecule has 6 heteroatoms. The monoisotopic (exact) mass is 277 g/mol. The highest BCUT2D eigenvalue weighted by Gasteiger charge is 2.27. The van der Waals surface area contributed by atoms with E-state index in [0.717, 1.165) is 38.5 Å². The molecule has 0 heterocycles. The molecular formula is C12H23NO4S. The Kier molecular flexibility index (Phi) is 6.08. The van der Waals surface area contributed by atoms with Crippen molar-refractivity contribution in [1.82, 2.24) is 4.31 Å². The maximum atomic E-state index is 11.8. The molecule has 0 radical (unpaired) electrons. The number of carbonyl (C=O) groups is 1. The number of aliphatic carboxylic acids is 1. The third-order valence-electron chi connectivity index (χ3n) is 3.45. The Bertz CT molecular complexity index is 358. The highest BCUT2D eigenvalue weighted by atomic mass is 32.2. The molecule has 0 bridgehead atoms. The topological polar surface area (TPSA) is 74.7 Å². The Morgan fingerprint density at radius 1 is 1.17 bits per heavy atom. The lowest BCUT2D eigenvalue weighted by molar-refractivity contribution is -0.137. The number of sulfonamides is 1. The average Bonchev–Trinajstić information content (AvgIpc) is 2.18. The highest BCUT2D eigenvalue weighted by Crippen LogP contribution is 2.23. The molecule has 0 aromatic rings. The van der Waals surface area contributed by atoms with E-state index in [0.29, 0.717) is 0 Å². The molecule has 0 aromatic heterocycles. The Balaban J connectivity index is 2.70. The zero-order chi connectivity index (χ0) is 13.6. The zero-order valence-electron chi connectivity index (χ0n) is 11.0. The minimum absolute atomic E-state index is 0.0142. The molecule has 1 saturated carbocycles. The van der Waals surface area contributed by atoms with E-state index < -0.39 is 16.0 Å². The maximum absolute atomic E-state index is 11.8. The highest BCUT2D eigenvalue weighted by molar-refractivity contribution is 7.88. The van der Waals surface area contributed by atoms with Crippen molar-refractivity contribution < 1.29 is 18.3 Å². The van der Waals surface area contributed by atoms with Crippen LogP contribution < -0.4 is 0 Å². The minimum Gasteiger partial charge on any atom is -0.481 e. The predicted octanol–water partition coefficient (Wildman–Crippen LogP) is 1.84. The van der Waals surface area contributed by atoms with E-state index in [9.17, 15) is 13.2 Å². The first-order valence-electron chi connectivity index (χ1n) is 6.60. The first kappa shape index (κ1) is 15.4. The lowest BCUT2D eigenvalue weighted by Crippen LogP contribution is -2.41. The van der Waals surface area contributed by atoms with Crippen LogP contribution in [0, 0.1) is 0 Å². The number of hydrogen-bond donors (Lipinski definition) is 1. The number of carboxylic acid groups (broad SMARTS) is 1. The van der Waals surface area contributed by atoms with Crippen LogP contribution in [-0.2, 0) is 14.8 Å². The summed E-state index contributed by atoms with van der Waals surface area (Å²) in [5, 5.41) is 8.71. The van der Waals surface area contributed by atoms with Crippen molar-refractivity contribution in [2.24, 2.45) is 0 Å². The van der Waals surface area contributed by atoms with E-state index in [-0.39, 0.29) is 19.0 Å². The van der Waals surface area contributed by atoms with Gasteiger partial charge in [-0.25, -0.2) is 8.42 Å². The van der Waals surface area contributed by atoms with Gasteiger partial charge in [0.1, 0.15) is 0 Å². The van der Waals surface area contributed by atoms with Crippen LogP contribution in [0.2, 0.25) is 0 Å². The van der Waals surface area contributed by atoms with E-state index in [1.807, 2.05) is 0 Å². The van der Waals surface area contributed by atoms with E-state index in [1.54, 1.807) is 0 Å². The van der Waals surface area contributed by atoms with Crippen LogP contribution in [0.3, 0.4) is 0 Å². The molecule has 1 aliphatic carbocycles.